The summed E-state index contributed by atoms with van der Waals surface area (Å²) in [6.45, 7) is 4.75. The molecule has 8 nitrogen and oxygen atoms in total. The second kappa shape index (κ2) is 17.7. The molecule has 40 heavy (non-hydrogen) atoms. The molecule has 2 heterocycles. The van der Waals surface area contributed by atoms with Crippen molar-refractivity contribution < 1.29 is 14.6 Å². The first-order chi connectivity index (χ1) is 18.4. The Morgan fingerprint density at radius 3 is 2.50 bits per heavy atom. The summed E-state index contributed by atoms with van der Waals surface area (Å²) >= 11 is 13.2. The number of H-pyrrole nitrogens is 1. The zero-order chi connectivity index (χ0) is 26.9. The highest BCUT2D eigenvalue weighted by Crippen LogP contribution is 2.28. The highest BCUT2D eigenvalue weighted by Gasteiger charge is 2.25. The standard InChI is InChI=1S/C27H34Cl2N4O4S.2BrH/c28-21-3-1-18(17-22(21)29)5-10-30-12-7-24(35)33(20-8-15-37-16-9-20)14-13-31-11-6-19-2-4-23(34)25-26(19)38-27(36)32-25;;/h1-4,17,20,30-31,34H,5-16H2,(H,32,36);2*1H. The number of rotatable bonds is 13. The second-order valence-corrected chi connectivity index (χ2v) is 11.2. The minimum absolute atomic E-state index is 0. The van der Waals surface area contributed by atoms with Gasteiger partial charge in [0.1, 0.15) is 11.3 Å². The fraction of sp³-hybridized carbons (Fsp3) is 0.481. The molecule has 222 valence electrons. The van der Waals surface area contributed by atoms with E-state index >= 15 is 0 Å². The van der Waals surface area contributed by atoms with E-state index < -0.39 is 0 Å². The predicted molar refractivity (Wildman–Crippen MR) is 175 cm³/mol. The molecular weight excluding hydrogens is 707 g/mol. The Hall–Kier alpha value is -1.18. The third-order valence-electron chi connectivity index (χ3n) is 6.78. The highest BCUT2D eigenvalue weighted by atomic mass is 79.9. The van der Waals surface area contributed by atoms with Crippen LogP contribution in [-0.2, 0) is 22.4 Å². The normalized spacial score (nSPS) is 13.6. The number of nitrogens with zero attached hydrogens (tertiary/aromatic N) is 1. The fourth-order valence-electron chi connectivity index (χ4n) is 4.72. The molecule has 3 aromatic rings. The lowest BCUT2D eigenvalue weighted by Gasteiger charge is -2.34. The first-order valence-electron chi connectivity index (χ1n) is 13.0. The topological polar surface area (TPSA) is 107 Å². The third kappa shape index (κ3) is 9.97. The van der Waals surface area contributed by atoms with Gasteiger partial charge in [-0.05, 0) is 68.1 Å². The van der Waals surface area contributed by atoms with E-state index in [0.29, 0.717) is 61.4 Å². The third-order valence-corrected chi connectivity index (χ3v) is 8.48. The Morgan fingerprint density at radius 2 is 1.75 bits per heavy atom. The summed E-state index contributed by atoms with van der Waals surface area (Å²) < 4.78 is 6.31. The van der Waals surface area contributed by atoms with Gasteiger partial charge in [-0.25, -0.2) is 0 Å². The molecule has 1 aliphatic heterocycles. The molecule has 1 aromatic heterocycles. The number of amides is 1. The second-order valence-electron chi connectivity index (χ2n) is 9.39. The molecule has 0 atom stereocenters. The van der Waals surface area contributed by atoms with Crippen LogP contribution in [0.3, 0.4) is 0 Å². The van der Waals surface area contributed by atoms with Gasteiger partial charge in [0.15, 0.2) is 0 Å². The van der Waals surface area contributed by atoms with Crippen LogP contribution in [0.5, 0.6) is 5.75 Å². The van der Waals surface area contributed by atoms with Crippen molar-refractivity contribution in [2.75, 3.05) is 45.9 Å². The maximum Gasteiger partial charge on any atom is 0.305 e. The van der Waals surface area contributed by atoms with Crippen LogP contribution in [0.4, 0.5) is 0 Å². The molecule has 1 amide bonds. The predicted octanol–water partition coefficient (Wildman–Crippen LogP) is 5.12. The number of carbonyl (C=O) groups excluding carboxylic acids is 1. The minimum atomic E-state index is -0.176. The summed E-state index contributed by atoms with van der Waals surface area (Å²) in [6, 6.07) is 9.31. The van der Waals surface area contributed by atoms with Gasteiger partial charge in [0.2, 0.25) is 5.91 Å². The maximum atomic E-state index is 13.2. The number of aromatic amines is 1. The van der Waals surface area contributed by atoms with Gasteiger partial charge in [-0.15, -0.1) is 34.0 Å². The number of benzene rings is 2. The first kappa shape index (κ1) is 35.0. The number of hydrogen-bond acceptors (Lipinski definition) is 7. The van der Waals surface area contributed by atoms with Gasteiger partial charge >= 0.3 is 4.87 Å². The first-order valence-corrected chi connectivity index (χ1v) is 14.6. The van der Waals surface area contributed by atoms with E-state index in [1.54, 1.807) is 12.1 Å². The van der Waals surface area contributed by atoms with Crippen LogP contribution < -0.4 is 15.5 Å². The molecule has 1 fully saturated rings. The van der Waals surface area contributed by atoms with Gasteiger partial charge in [0.25, 0.3) is 0 Å². The lowest BCUT2D eigenvalue weighted by atomic mass is 10.1. The van der Waals surface area contributed by atoms with Crippen molar-refractivity contribution in [3.05, 3.63) is 61.2 Å². The molecule has 0 spiro atoms. The molecular formula is C27H36Br2Cl2N4O4S. The van der Waals surface area contributed by atoms with E-state index in [-0.39, 0.29) is 56.5 Å². The molecule has 4 N–H and O–H groups in total. The summed E-state index contributed by atoms with van der Waals surface area (Å²) in [5, 5.41) is 17.9. The van der Waals surface area contributed by atoms with Gasteiger partial charge in [-0.3, -0.25) is 9.59 Å². The number of phenols is 1. The van der Waals surface area contributed by atoms with Crippen molar-refractivity contribution >= 4 is 84.6 Å². The Kier molecular flexibility index (Phi) is 15.5. The van der Waals surface area contributed by atoms with E-state index in [4.69, 9.17) is 27.9 Å². The number of carbonyl (C=O) groups is 1. The molecule has 4 rings (SSSR count). The molecule has 0 radical (unpaired) electrons. The summed E-state index contributed by atoms with van der Waals surface area (Å²) in [7, 11) is 0. The van der Waals surface area contributed by atoms with Gasteiger partial charge in [0.05, 0.1) is 14.7 Å². The highest BCUT2D eigenvalue weighted by molar-refractivity contribution is 8.93. The molecule has 0 bridgehead atoms. The van der Waals surface area contributed by atoms with Crippen LogP contribution in [0.15, 0.2) is 35.1 Å². The monoisotopic (exact) mass is 740 g/mol. The van der Waals surface area contributed by atoms with Crippen molar-refractivity contribution in [2.24, 2.45) is 0 Å². The fourth-order valence-corrected chi connectivity index (χ4v) is 5.94. The number of halogens is 4. The molecule has 13 heteroatoms. The van der Waals surface area contributed by atoms with Gasteiger partial charge in [-0.1, -0.05) is 46.7 Å². The number of phenolic OH excluding ortho intramolecular Hbond substituents is 1. The Balaban J connectivity index is 0.00000280. The average Bonchev–Trinajstić information content (AvgIpc) is 3.32. The van der Waals surface area contributed by atoms with Crippen molar-refractivity contribution in [1.82, 2.24) is 20.5 Å². The summed E-state index contributed by atoms with van der Waals surface area (Å²) in [6.07, 6.45) is 3.68. The lowest BCUT2D eigenvalue weighted by molar-refractivity contribution is -0.135. The minimum Gasteiger partial charge on any atom is -0.506 e. The largest absolute Gasteiger partial charge is 0.506 e. The van der Waals surface area contributed by atoms with Gasteiger partial charge in [0, 0.05) is 45.3 Å². The van der Waals surface area contributed by atoms with E-state index in [2.05, 4.69) is 15.6 Å². The molecule has 1 saturated heterocycles. The Labute approximate surface area is 269 Å². The maximum absolute atomic E-state index is 13.2. The van der Waals surface area contributed by atoms with Gasteiger partial charge < -0.3 is 30.4 Å². The number of aromatic hydroxyl groups is 1. The van der Waals surface area contributed by atoms with Crippen LogP contribution in [0.1, 0.15) is 30.4 Å². The molecule has 0 saturated carbocycles. The Bertz CT molecular complexity index is 1290. The molecule has 1 aliphatic rings. The lowest BCUT2D eigenvalue weighted by Crippen LogP contribution is -2.47. The van der Waals surface area contributed by atoms with Crippen molar-refractivity contribution in [2.45, 2.75) is 38.1 Å². The van der Waals surface area contributed by atoms with Gasteiger partial charge in [-0.2, -0.15) is 0 Å². The summed E-state index contributed by atoms with van der Waals surface area (Å²) in [5.41, 5.74) is 2.61. The zero-order valence-corrected chi connectivity index (χ0v) is 27.8. The summed E-state index contributed by atoms with van der Waals surface area (Å²) in [4.78, 5) is 29.4. The Morgan fingerprint density at radius 1 is 1.02 bits per heavy atom. The number of thiazole rings is 1. The van der Waals surface area contributed by atoms with E-state index in [0.717, 1.165) is 59.4 Å². The molecule has 0 unspecified atom stereocenters. The van der Waals surface area contributed by atoms with Crippen LogP contribution >= 0.6 is 68.5 Å². The van der Waals surface area contributed by atoms with E-state index in [1.165, 1.54) is 0 Å². The van der Waals surface area contributed by atoms with E-state index in [9.17, 15) is 14.7 Å². The van der Waals surface area contributed by atoms with Crippen molar-refractivity contribution in [3.8, 4) is 5.75 Å². The zero-order valence-electron chi connectivity index (χ0n) is 22.0. The summed E-state index contributed by atoms with van der Waals surface area (Å²) in [5.74, 6) is 0.239. The van der Waals surface area contributed by atoms with Crippen LogP contribution in [0.2, 0.25) is 10.0 Å². The van der Waals surface area contributed by atoms with Crippen LogP contribution in [-0.4, -0.2) is 72.9 Å². The molecule has 2 aromatic carbocycles. The number of fused-ring (bicyclic) bond motifs is 1. The number of nitrogens with one attached hydrogen (secondary N) is 3. The number of ether oxygens (including phenoxy) is 1. The van der Waals surface area contributed by atoms with E-state index in [1.807, 2.05) is 23.1 Å². The average molecular weight is 743 g/mol. The smallest absolute Gasteiger partial charge is 0.305 e. The SMILES string of the molecule is Br.Br.O=C(CCNCCc1ccc(Cl)c(Cl)c1)N(CCNCCc1ccc(O)c2[nH]c(=O)sc12)C1CCOCC1. The number of aromatic nitrogens is 1. The van der Waals surface area contributed by atoms with Crippen LogP contribution in [0.25, 0.3) is 10.2 Å². The van der Waals surface area contributed by atoms with Crippen molar-refractivity contribution in [1.29, 1.82) is 0 Å². The van der Waals surface area contributed by atoms with Crippen molar-refractivity contribution in [3.63, 3.8) is 0 Å². The van der Waals surface area contributed by atoms with Crippen LogP contribution in [0, 0.1) is 0 Å². The quantitative estimate of drug-likeness (QED) is 0.181. The number of hydrogen-bond donors (Lipinski definition) is 4. The molecule has 0 aliphatic carbocycles.